The molecule has 2 rings (SSSR count). The third-order valence-corrected chi connectivity index (χ3v) is 3.56. The van der Waals surface area contributed by atoms with Crippen molar-refractivity contribution < 1.29 is 14.3 Å². The van der Waals surface area contributed by atoms with Crippen molar-refractivity contribution in [2.24, 2.45) is 11.8 Å². The zero-order valence-corrected chi connectivity index (χ0v) is 11.4. The van der Waals surface area contributed by atoms with Crippen LogP contribution in [-0.4, -0.2) is 42.0 Å². The van der Waals surface area contributed by atoms with Crippen LogP contribution >= 0.6 is 0 Å². The van der Waals surface area contributed by atoms with E-state index in [0.29, 0.717) is 18.7 Å². The Kier molecular flexibility index (Phi) is 3.83. The topological polar surface area (TPSA) is 59.5 Å². The Labute approximate surface area is 112 Å². The van der Waals surface area contributed by atoms with E-state index in [-0.39, 0.29) is 23.7 Å². The maximum Gasteiger partial charge on any atom is 0.310 e. The molecule has 1 amide bonds. The van der Waals surface area contributed by atoms with Gasteiger partial charge in [0.05, 0.1) is 18.6 Å². The SMILES string of the molecule is COC(=O)C1CN(C(=O)c2ccc(C)nc2)CC1C. The zero-order chi connectivity index (χ0) is 14.0. The van der Waals surface area contributed by atoms with E-state index < -0.39 is 0 Å². The summed E-state index contributed by atoms with van der Waals surface area (Å²) in [6.45, 7) is 4.83. The quantitative estimate of drug-likeness (QED) is 0.753. The fourth-order valence-electron chi connectivity index (χ4n) is 2.37. The molecule has 0 radical (unpaired) electrons. The van der Waals surface area contributed by atoms with Gasteiger partial charge in [0.15, 0.2) is 0 Å². The van der Waals surface area contributed by atoms with E-state index in [2.05, 4.69) is 4.98 Å². The molecule has 2 heterocycles. The Morgan fingerprint density at radius 3 is 2.68 bits per heavy atom. The lowest BCUT2D eigenvalue weighted by Crippen LogP contribution is -2.30. The molecule has 5 nitrogen and oxygen atoms in total. The first-order valence-corrected chi connectivity index (χ1v) is 6.32. The molecule has 1 aliphatic rings. The maximum absolute atomic E-state index is 12.3. The minimum atomic E-state index is -0.246. The van der Waals surface area contributed by atoms with Gasteiger partial charge in [-0.2, -0.15) is 0 Å². The van der Waals surface area contributed by atoms with Crippen molar-refractivity contribution in [1.29, 1.82) is 0 Å². The average molecular weight is 262 g/mol. The first-order chi connectivity index (χ1) is 9.02. The van der Waals surface area contributed by atoms with Crippen LogP contribution in [0.3, 0.4) is 0 Å². The average Bonchev–Trinajstić information content (AvgIpc) is 2.80. The molecule has 0 spiro atoms. The highest BCUT2D eigenvalue weighted by Gasteiger charge is 2.37. The molecule has 2 unspecified atom stereocenters. The van der Waals surface area contributed by atoms with E-state index in [9.17, 15) is 9.59 Å². The highest BCUT2D eigenvalue weighted by molar-refractivity contribution is 5.94. The van der Waals surface area contributed by atoms with Crippen LogP contribution < -0.4 is 0 Å². The predicted molar refractivity (Wildman–Crippen MR) is 69.5 cm³/mol. The van der Waals surface area contributed by atoms with Crippen LogP contribution in [0, 0.1) is 18.8 Å². The van der Waals surface area contributed by atoms with Crippen molar-refractivity contribution >= 4 is 11.9 Å². The van der Waals surface area contributed by atoms with Gasteiger partial charge in [-0.05, 0) is 25.0 Å². The number of nitrogens with zero attached hydrogens (tertiary/aromatic N) is 2. The number of aryl methyl sites for hydroxylation is 1. The minimum Gasteiger partial charge on any atom is -0.469 e. The lowest BCUT2D eigenvalue weighted by Gasteiger charge is -2.15. The van der Waals surface area contributed by atoms with E-state index in [1.807, 2.05) is 19.9 Å². The van der Waals surface area contributed by atoms with Gasteiger partial charge in [0, 0.05) is 25.0 Å². The second kappa shape index (κ2) is 5.38. The molecule has 2 atom stereocenters. The first kappa shape index (κ1) is 13.5. The van der Waals surface area contributed by atoms with Gasteiger partial charge in [-0.3, -0.25) is 14.6 Å². The maximum atomic E-state index is 12.3. The number of aromatic nitrogens is 1. The largest absolute Gasteiger partial charge is 0.469 e. The minimum absolute atomic E-state index is 0.0780. The Morgan fingerprint density at radius 1 is 1.37 bits per heavy atom. The summed E-state index contributed by atoms with van der Waals surface area (Å²) < 4.78 is 4.76. The fourth-order valence-corrected chi connectivity index (χ4v) is 2.37. The van der Waals surface area contributed by atoms with Gasteiger partial charge in [0.2, 0.25) is 0 Å². The normalized spacial score (nSPS) is 22.4. The predicted octanol–water partition coefficient (Wildman–Crippen LogP) is 1.27. The Balaban J connectivity index is 2.09. The molecule has 5 heteroatoms. The molecule has 19 heavy (non-hydrogen) atoms. The number of rotatable bonds is 2. The monoisotopic (exact) mass is 262 g/mol. The third-order valence-electron chi connectivity index (χ3n) is 3.56. The summed E-state index contributed by atoms with van der Waals surface area (Å²) in [7, 11) is 1.38. The number of carbonyl (C=O) groups excluding carboxylic acids is 2. The molecular formula is C14H18N2O3. The van der Waals surface area contributed by atoms with Crippen LogP contribution in [0.5, 0.6) is 0 Å². The van der Waals surface area contributed by atoms with Gasteiger partial charge >= 0.3 is 5.97 Å². The van der Waals surface area contributed by atoms with Crippen molar-refractivity contribution in [1.82, 2.24) is 9.88 Å². The number of hydrogen-bond donors (Lipinski definition) is 0. The number of ether oxygens (including phenoxy) is 1. The van der Waals surface area contributed by atoms with Crippen LogP contribution in [0.2, 0.25) is 0 Å². The van der Waals surface area contributed by atoms with Crippen LogP contribution in [0.15, 0.2) is 18.3 Å². The molecule has 0 saturated carbocycles. The summed E-state index contributed by atoms with van der Waals surface area (Å²) in [4.78, 5) is 29.7. The van der Waals surface area contributed by atoms with Crippen molar-refractivity contribution in [3.05, 3.63) is 29.6 Å². The highest BCUT2D eigenvalue weighted by Crippen LogP contribution is 2.25. The van der Waals surface area contributed by atoms with Crippen LogP contribution in [0.1, 0.15) is 23.0 Å². The number of amides is 1. The summed E-state index contributed by atoms with van der Waals surface area (Å²) in [5.74, 6) is -0.433. The van der Waals surface area contributed by atoms with E-state index in [1.54, 1.807) is 17.2 Å². The molecule has 1 aliphatic heterocycles. The van der Waals surface area contributed by atoms with Crippen LogP contribution in [0.4, 0.5) is 0 Å². The van der Waals surface area contributed by atoms with E-state index in [4.69, 9.17) is 4.74 Å². The standard InChI is InChI=1S/C14H18N2O3/c1-9-7-16(8-12(9)14(18)19-3)13(17)11-5-4-10(2)15-6-11/h4-6,9,12H,7-8H2,1-3H3. The lowest BCUT2D eigenvalue weighted by molar-refractivity contribution is -0.146. The van der Waals surface area contributed by atoms with Gasteiger partial charge in [0.1, 0.15) is 0 Å². The second-order valence-electron chi connectivity index (χ2n) is 5.01. The second-order valence-corrected chi connectivity index (χ2v) is 5.01. The fraction of sp³-hybridized carbons (Fsp3) is 0.500. The molecule has 0 aromatic carbocycles. The van der Waals surface area contributed by atoms with E-state index in [1.165, 1.54) is 7.11 Å². The Hall–Kier alpha value is -1.91. The molecule has 1 saturated heterocycles. The van der Waals surface area contributed by atoms with Gasteiger partial charge in [-0.15, -0.1) is 0 Å². The van der Waals surface area contributed by atoms with Crippen molar-refractivity contribution in [2.75, 3.05) is 20.2 Å². The van der Waals surface area contributed by atoms with Gasteiger partial charge in [-0.1, -0.05) is 6.92 Å². The summed E-state index contributed by atoms with van der Waals surface area (Å²) in [6.07, 6.45) is 1.58. The molecule has 1 aromatic rings. The van der Waals surface area contributed by atoms with Gasteiger partial charge in [-0.25, -0.2) is 0 Å². The summed E-state index contributed by atoms with van der Waals surface area (Å²) in [6, 6.07) is 3.57. The highest BCUT2D eigenvalue weighted by atomic mass is 16.5. The Morgan fingerprint density at radius 2 is 2.11 bits per heavy atom. The van der Waals surface area contributed by atoms with Gasteiger partial charge < -0.3 is 9.64 Å². The molecule has 0 N–H and O–H groups in total. The van der Waals surface area contributed by atoms with E-state index >= 15 is 0 Å². The summed E-state index contributed by atoms with van der Waals surface area (Å²) in [5, 5.41) is 0. The number of hydrogen-bond acceptors (Lipinski definition) is 4. The molecule has 0 aliphatic carbocycles. The van der Waals surface area contributed by atoms with Crippen LogP contribution in [-0.2, 0) is 9.53 Å². The number of esters is 1. The van der Waals surface area contributed by atoms with Crippen LogP contribution in [0.25, 0.3) is 0 Å². The molecule has 1 fully saturated rings. The summed E-state index contributed by atoms with van der Waals surface area (Å²) >= 11 is 0. The molecular weight excluding hydrogens is 244 g/mol. The zero-order valence-electron chi connectivity index (χ0n) is 11.4. The smallest absolute Gasteiger partial charge is 0.310 e. The van der Waals surface area contributed by atoms with Crippen molar-refractivity contribution in [3.8, 4) is 0 Å². The molecule has 102 valence electrons. The number of methoxy groups -OCH3 is 1. The number of likely N-dealkylation sites (tertiary alicyclic amines) is 1. The first-order valence-electron chi connectivity index (χ1n) is 6.32. The third kappa shape index (κ3) is 2.75. The molecule has 1 aromatic heterocycles. The Bertz CT molecular complexity index is 484. The lowest BCUT2D eigenvalue weighted by atomic mass is 9.99. The van der Waals surface area contributed by atoms with Crippen molar-refractivity contribution in [3.63, 3.8) is 0 Å². The number of carbonyl (C=O) groups is 2. The molecule has 0 bridgehead atoms. The number of pyridine rings is 1. The van der Waals surface area contributed by atoms with E-state index in [0.717, 1.165) is 5.69 Å². The van der Waals surface area contributed by atoms with Crippen molar-refractivity contribution in [2.45, 2.75) is 13.8 Å². The summed E-state index contributed by atoms with van der Waals surface area (Å²) in [5.41, 5.74) is 1.43. The van der Waals surface area contributed by atoms with Gasteiger partial charge in [0.25, 0.3) is 5.91 Å².